The van der Waals surface area contributed by atoms with Gasteiger partial charge in [-0.05, 0) is 32.0 Å². The molecule has 0 aliphatic rings. The summed E-state index contributed by atoms with van der Waals surface area (Å²) in [6, 6.07) is 4.96. The lowest BCUT2D eigenvalue weighted by Gasteiger charge is -2.09. The van der Waals surface area contributed by atoms with E-state index >= 15 is 0 Å². The summed E-state index contributed by atoms with van der Waals surface area (Å²) in [5.74, 6) is -0.158. The summed E-state index contributed by atoms with van der Waals surface area (Å²) in [6.45, 7) is 4.03. The summed E-state index contributed by atoms with van der Waals surface area (Å²) in [6.07, 6.45) is 1.65. The van der Waals surface area contributed by atoms with E-state index in [1.165, 1.54) is 0 Å². The molecule has 0 unspecified atom stereocenters. The molecule has 100 valence electrons. The van der Waals surface area contributed by atoms with Gasteiger partial charge >= 0.3 is 0 Å². The zero-order chi connectivity index (χ0) is 14.0. The van der Waals surface area contributed by atoms with Crippen LogP contribution < -0.4 is 11.1 Å². The van der Waals surface area contributed by atoms with Gasteiger partial charge in [-0.1, -0.05) is 11.6 Å². The third kappa shape index (κ3) is 3.06. The molecular weight excluding hydrogens is 264 g/mol. The molecular formula is C13H15ClN4O. The number of amides is 1. The molecule has 1 amide bonds. The van der Waals surface area contributed by atoms with Crippen LogP contribution in [-0.4, -0.2) is 15.5 Å². The van der Waals surface area contributed by atoms with E-state index in [1.807, 2.05) is 13.8 Å². The molecule has 2 aromatic rings. The number of hydrogen-bond donors (Lipinski definition) is 2. The highest BCUT2D eigenvalue weighted by atomic mass is 35.5. The number of nitrogen functional groups attached to an aromatic ring is 1. The highest BCUT2D eigenvalue weighted by molar-refractivity contribution is 6.31. The van der Waals surface area contributed by atoms with Crippen molar-refractivity contribution in [2.75, 3.05) is 11.1 Å². The molecule has 2 rings (SSSR count). The maximum absolute atomic E-state index is 11.9. The molecule has 0 aliphatic carbocycles. The number of nitrogens with two attached hydrogens (primary N) is 1. The van der Waals surface area contributed by atoms with Crippen LogP contribution in [0.1, 0.15) is 11.4 Å². The molecule has 6 heteroatoms. The molecule has 0 aliphatic heterocycles. The normalized spacial score (nSPS) is 10.5. The van der Waals surface area contributed by atoms with Crippen molar-refractivity contribution in [2.45, 2.75) is 20.4 Å². The van der Waals surface area contributed by atoms with Crippen molar-refractivity contribution in [1.82, 2.24) is 9.55 Å². The molecule has 0 atom stereocenters. The standard InChI is InChI=1S/C13H15ClN4O/c1-8-9(2)18(7-16-8)6-13(19)17-12-4-3-10(14)5-11(12)15/h3-5,7H,6,15H2,1-2H3,(H,17,19). The average molecular weight is 279 g/mol. The number of anilines is 2. The van der Waals surface area contributed by atoms with Crippen molar-refractivity contribution in [1.29, 1.82) is 0 Å². The first kappa shape index (κ1) is 13.4. The lowest BCUT2D eigenvalue weighted by atomic mass is 10.2. The molecule has 0 spiro atoms. The van der Waals surface area contributed by atoms with Crippen LogP contribution in [0.15, 0.2) is 24.5 Å². The minimum Gasteiger partial charge on any atom is -0.397 e. The van der Waals surface area contributed by atoms with Crippen molar-refractivity contribution in [3.8, 4) is 0 Å². The van der Waals surface area contributed by atoms with Crippen molar-refractivity contribution in [3.05, 3.63) is 40.9 Å². The summed E-state index contributed by atoms with van der Waals surface area (Å²) >= 11 is 5.80. The monoisotopic (exact) mass is 278 g/mol. The molecule has 1 heterocycles. The summed E-state index contributed by atoms with van der Waals surface area (Å²) in [5.41, 5.74) is 8.67. The molecule has 0 bridgehead atoms. The van der Waals surface area contributed by atoms with E-state index in [4.69, 9.17) is 17.3 Å². The van der Waals surface area contributed by atoms with E-state index in [1.54, 1.807) is 29.1 Å². The van der Waals surface area contributed by atoms with E-state index in [-0.39, 0.29) is 12.5 Å². The van der Waals surface area contributed by atoms with E-state index in [9.17, 15) is 4.79 Å². The Balaban J connectivity index is 2.07. The molecule has 1 aromatic carbocycles. The molecule has 0 radical (unpaired) electrons. The van der Waals surface area contributed by atoms with Gasteiger partial charge in [0.2, 0.25) is 5.91 Å². The van der Waals surface area contributed by atoms with Crippen LogP contribution in [0, 0.1) is 13.8 Å². The second-order valence-corrected chi connectivity index (χ2v) is 4.76. The predicted octanol–water partition coefficient (Wildman–Crippen LogP) is 2.37. The van der Waals surface area contributed by atoms with Crippen LogP contribution in [0.2, 0.25) is 5.02 Å². The molecule has 0 fully saturated rings. The van der Waals surface area contributed by atoms with Gasteiger partial charge in [-0.2, -0.15) is 0 Å². The fourth-order valence-electron chi connectivity index (χ4n) is 1.70. The van der Waals surface area contributed by atoms with E-state index < -0.39 is 0 Å². The van der Waals surface area contributed by atoms with Gasteiger partial charge in [-0.15, -0.1) is 0 Å². The summed E-state index contributed by atoms with van der Waals surface area (Å²) in [5, 5.41) is 3.29. The molecule has 0 saturated carbocycles. The Labute approximate surface area is 116 Å². The van der Waals surface area contributed by atoms with Gasteiger partial charge in [0.05, 0.1) is 23.4 Å². The Bertz CT molecular complexity index is 621. The second kappa shape index (κ2) is 5.32. The highest BCUT2D eigenvalue weighted by Gasteiger charge is 2.09. The number of rotatable bonds is 3. The van der Waals surface area contributed by atoms with Crippen LogP contribution in [0.3, 0.4) is 0 Å². The first-order chi connectivity index (χ1) is 8.97. The van der Waals surface area contributed by atoms with Crippen LogP contribution >= 0.6 is 11.6 Å². The van der Waals surface area contributed by atoms with E-state index in [2.05, 4.69) is 10.3 Å². The number of hydrogen-bond acceptors (Lipinski definition) is 3. The van der Waals surface area contributed by atoms with E-state index in [0.29, 0.717) is 16.4 Å². The number of nitrogens with one attached hydrogen (secondary N) is 1. The van der Waals surface area contributed by atoms with Gasteiger partial charge in [0.1, 0.15) is 6.54 Å². The predicted molar refractivity (Wildman–Crippen MR) is 76.2 cm³/mol. The van der Waals surface area contributed by atoms with E-state index in [0.717, 1.165) is 11.4 Å². The van der Waals surface area contributed by atoms with Crippen molar-refractivity contribution in [3.63, 3.8) is 0 Å². The van der Waals surface area contributed by atoms with Gasteiger partial charge in [-0.3, -0.25) is 4.79 Å². The number of halogens is 1. The maximum Gasteiger partial charge on any atom is 0.244 e. The van der Waals surface area contributed by atoms with Gasteiger partial charge in [0.15, 0.2) is 0 Å². The van der Waals surface area contributed by atoms with Gasteiger partial charge in [0, 0.05) is 10.7 Å². The van der Waals surface area contributed by atoms with Crippen molar-refractivity contribution >= 4 is 28.9 Å². The Kier molecular flexibility index (Phi) is 3.76. The number of aromatic nitrogens is 2. The molecule has 5 nitrogen and oxygen atoms in total. The number of carbonyl (C=O) groups excluding carboxylic acids is 1. The lowest BCUT2D eigenvalue weighted by Crippen LogP contribution is -2.19. The first-order valence-electron chi connectivity index (χ1n) is 5.80. The third-order valence-electron chi connectivity index (χ3n) is 2.95. The smallest absolute Gasteiger partial charge is 0.244 e. The first-order valence-corrected chi connectivity index (χ1v) is 6.18. The highest BCUT2D eigenvalue weighted by Crippen LogP contribution is 2.22. The average Bonchev–Trinajstić information content (AvgIpc) is 2.65. The van der Waals surface area contributed by atoms with Gasteiger partial charge in [-0.25, -0.2) is 4.98 Å². The van der Waals surface area contributed by atoms with Crippen LogP contribution in [-0.2, 0) is 11.3 Å². The topological polar surface area (TPSA) is 72.9 Å². The van der Waals surface area contributed by atoms with Crippen molar-refractivity contribution in [2.24, 2.45) is 0 Å². The zero-order valence-electron chi connectivity index (χ0n) is 10.8. The van der Waals surface area contributed by atoms with Crippen molar-refractivity contribution < 1.29 is 4.79 Å². The number of carbonyl (C=O) groups is 1. The SMILES string of the molecule is Cc1ncn(CC(=O)Nc2ccc(Cl)cc2N)c1C. The van der Waals surface area contributed by atoms with Gasteiger partial charge < -0.3 is 15.6 Å². The third-order valence-corrected chi connectivity index (χ3v) is 3.18. The number of nitrogens with zero attached hydrogens (tertiary/aromatic N) is 2. The summed E-state index contributed by atoms with van der Waals surface area (Å²) in [7, 11) is 0. The molecule has 1 aromatic heterocycles. The molecule has 3 N–H and O–H groups in total. The Hall–Kier alpha value is -2.01. The van der Waals surface area contributed by atoms with Crippen LogP contribution in [0.5, 0.6) is 0 Å². The minimum absolute atomic E-state index is 0.158. The number of benzene rings is 1. The Morgan fingerprint density at radius 2 is 2.21 bits per heavy atom. The number of aryl methyl sites for hydroxylation is 1. The largest absolute Gasteiger partial charge is 0.397 e. The zero-order valence-corrected chi connectivity index (χ0v) is 11.5. The van der Waals surface area contributed by atoms with Gasteiger partial charge in [0.25, 0.3) is 0 Å². The van der Waals surface area contributed by atoms with Crippen LogP contribution in [0.4, 0.5) is 11.4 Å². The quantitative estimate of drug-likeness (QED) is 0.847. The fourth-order valence-corrected chi connectivity index (χ4v) is 1.88. The fraction of sp³-hybridized carbons (Fsp3) is 0.231. The second-order valence-electron chi connectivity index (χ2n) is 4.32. The summed E-state index contributed by atoms with van der Waals surface area (Å²) in [4.78, 5) is 16.1. The molecule has 0 saturated heterocycles. The maximum atomic E-state index is 11.9. The Morgan fingerprint density at radius 3 is 2.79 bits per heavy atom. The van der Waals surface area contributed by atoms with Crippen LogP contribution in [0.25, 0.3) is 0 Å². The number of imidazole rings is 1. The summed E-state index contributed by atoms with van der Waals surface area (Å²) < 4.78 is 1.79. The minimum atomic E-state index is -0.158. The lowest BCUT2D eigenvalue weighted by molar-refractivity contribution is -0.116. The Morgan fingerprint density at radius 1 is 1.47 bits per heavy atom. The molecule has 19 heavy (non-hydrogen) atoms.